The molecule has 0 aliphatic heterocycles. The number of aliphatic carboxylic acids is 1. The van der Waals surface area contributed by atoms with Gasteiger partial charge in [0.1, 0.15) is 34.0 Å². The Bertz CT molecular complexity index is 3260. The van der Waals surface area contributed by atoms with Crippen LogP contribution in [0, 0.1) is 10.1 Å². The van der Waals surface area contributed by atoms with E-state index in [1.54, 1.807) is 30.5 Å². The molecule has 6 rings (SSSR count). The minimum Gasteiger partial charge on any atom is -0.481 e. The van der Waals surface area contributed by atoms with Crippen molar-refractivity contribution < 1.29 is 102 Å². The Morgan fingerprint density at radius 2 is 1.43 bits per heavy atom. The summed E-state index contributed by atoms with van der Waals surface area (Å²) in [4.78, 5) is 81.7. The van der Waals surface area contributed by atoms with Gasteiger partial charge in [-0.25, -0.2) is 33.7 Å². The number of amides is 2. The molecule has 0 radical (unpaired) electrons. The fourth-order valence-electron chi connectivity index (χ4n) is 5.49. The number of rotatable bonds is 16. The number of anilines is 1. The van der Waals surface area contributed by atoms with E-state index in [0.717, 1.165) is 35.7 Å². The summed E-state index contributed by atoms with van der Waals surface area (Å²) in [5.41, 5.74) is -4.35. The maximum absolute atomic E-state index is 12.8. The van der Waals surface area contributed by atoms with E-state index in [4.69, 9.17) is 57.1 Å². The van der Waals surface area contributed by atoms with E-state index in [9.17, 15) is 68.8 Å². The molecule has 24 nitrogen and oxygen atoms in total. The van der Waals surface area contributed by atoms with Gasteiger partial charge in [-0.15, -0.1) is 0 Å². The number of nitro benzene ring substituents is 1. The summed E-state index contributed by atoms with van der Waals surface area (Å²) in [5.74, 6) is -5.44. The van der Waals surface area contributed by atoms with E-state index < -0.39 is 109 Å². The van der Waals surface area contributed by atoms with E-state index in [2.05, 4.69) is 24.7 Å². The number of carbonyl (C=O) groups is 5. The van der Waals surface area contributed by atoms with Gasteiger partial charge >= 0.3 is 42.3 Å². The number of benzene rings is 3. The smallest absolute Gasteiger partial charge is 0.433 e. The number of aromatic nitrogens is 4. The number of ether oxygens (including phenoxy) is 6. The third-order valence-corrected chi connectivity index (χ3v) is 10.6. The molecule has 6 aromatic rings. The summed E-state index contributed by atoms with van der Waals surface area (Å²) in [7, 11) is -2.66. The number of carboxylic acids is 2. The van der Waals surface area contributed by atoms with Gasteiger partial charge in [-0.2, -0.15) is 44.7 Å². The van der Waals surface area contributed by atoms with Crippen LogP contribution in [0.1, 0.15) is 38.9 Å². The molecule has 0 fully saturated rings. The number of esters is 2. The van der Waals surface area contributed by atoms with Crippen molar-refractivity contribution in [1.82, 2.24) is 24.7 Å². The number of methoxy groups -OCH3 is 2. The first-order chi connectivity index (χ1) is 35.6. The number of carboxylic acid groups (broad SMARTS) is 2. The van der Waals surface area contributed by atoms with E-state index in [-0.39, 0.29) is 34.9 Å². The lowest BCUT2D eigenvalue weighted by Crippen LogP contribution is -2.36. The van der Waals surface area contributed by atoms with Crippen molar-refractivity contribution in [1.29, 1.82) is 0 Å². The second kappa shape index (κ2) is 25.9. The number of carbonyl (C=O) groups excluding carboxylic acids is 3. The molecule has 76 heavy (non-hydrogen) atoms. The molecule has 0 aliphatic rings. The van der Waals surface area contributed by atoms with Gasteiger partial charge in [0.25, 0.3) is 15.7 Å². The fourth-order valence-corrected chi connectivity index (χ4v) is 6.98. The lowest BCUT2D eigenvalue weighted by atomic mass is 10.1. The van der Waals surface area contributed by atoms with Gasteiger partial charge in [-0.1, -0.05) is 23.2 Å². The van der Waals surface area contributed by atoms with Crippen molar-refractivity contribution in [3.05, 3.63) is 128 Å². The number of halogens is 8. The van der Waals surface area contributed by atoms with Crippen molar-refractivity contribution in [3.63, 3.8) is 0 Å². The number of hydrogen-bond acceptors (Lipinski definition) is 19. The molecule has 2 amide bonds. The van der Waals surface area contributed by atoms with Crippen LogP contribution in [-0.2, 0) is 41.4 Å². The highest BCUT2D eigenvalue weighted by atomic mass is 35.5. The van der Waals surface area contributed by atoms with Gasteiger partial charge in [0.05, 0.1) is 53.0 Å². The molecular formula is C43H33Cl2F6N7O17S. The number of fused-ring (bicyclic) bond motifs is 1. The van der Waals surface area contributed by atoms with Crippen molar-refractivity contribution in [2.24, 2.45) is 0 Å². The summed E-state index contributed by atoms with van der Waals surface area (Å²) >= 11 is 11.8. The van der Waals surface area contributed by atoms with E-state index in [0.29, 0.717) is 34.5 Å². The second-order valence-electron chi connectivity index (χ2n) is 13.9. The molecule has 0 saturated heterocycles. The highest BCUT2D eigenvalue weighted by molar-refractivity contribution is 7.90. The van der Waals surface area contributed by atoms with Gasteiger partial charge in [-0.05, 0) is 67.6 Å². The summed E-state index contributed by atoms with van der Waals surface area (Å²) in [6, 6.07) is 12.6. The van der Waals surface area contributed by atoms with Crippen LogP contribution >= 0.6 is 23.2 Å². The fraction of sp³-hybridized carbons (Fsp3) is 0.186. The zero-order chi connectivity index (χ0) is 56.7. The Kier molecular flexibility index (Phi) is 20.3. The number of urea groups is 1. The van der Waals surface area contributed by atoms with Crippen LogP contribution in [0.15, 0.2) is 90.1 Å². The maximum Gasteiger partial charge on any atom is 0.433 e. The number of nitrogens with zero attached hydrogens (tertiary/aromatic N) is 5. The normalized spacial score (nSPS) is 11.0. The summed E-state index contributed by atoms with van der Waals surface area (Å²) < 4.78 is 132. The zero-order valence-electron chi connectivity index (χ0n) is 38.4. The maximum atomic E-state index is 12.8. The van der Waals surface area contributed by atoms with Crippen LogP contribution in [0.5, 0.6) is 29.0 Å². The molecule has 4 N–H and O–H groups in total. The Balaban J connectivity index is 0.000000258. The topological polar surface area (TPSA) is 334 Å². The van der Waals surface area contributed by atoms with Crippen molar-refractivity contribution >= 4 is 85.7 Å². The van der Waals surface area contributed by atoms with Crippen LogP contribution in [0.3, 0.4) is 0 Å². The minimum atomic E-state index is -5.14. The summed E-state index contributed by atoms with van der Waals surface area (Å²) in [6.45, 7) is 0.429. The molecule has 404 valence electrons. The van der Waals surface area contributed by atoms with Gasteiger partial charge in [-0.3, -0.25) is 20.4 Å². The van der Waals surface area contributed by atoms with Crippen molar-refractivity contribution in [3.8, 4) is 29.0 Å². The van der Waals surface area contributed by atoms with Crippen molar-refractivity contribution in [2.75, 3.05) is 39.4 Å². The summed E-state index contributed by atoms with van der Waals surface area (Å²) in [6.07, 6.45) is -8.06. The first kappa shape index (κ1) is 59.7. The van der Waals surface area contributed by atoms with Gasteiger partial charge < -0.3 is 38.6 Å². The lowest BCUT2D eigenvalue weighted by Gasteiger charge is -2.12. The Hall–Kier alpha value is -8.84. The van der Waals surface area contributed by atoms with Crippen LogP contribution in [0.4, 0.5) is 42.8 Å². The number of sulfonamides is 1. The first-order valence-corrected chi connectivity index (χ1v) is 22.5. The molecule has 0 aliphatic carbocycles. The minimum absolute atomic E-state index is 0.0493. The molecule has 0 bridgehead atoms. The zero-order valence-corrected chi connectivity index (χ0v) is 40.7. The van der Waals surface area contributed by atoms with Crippen LogP contribution < -0.4 is 29.0 Å². The highest BCUT2D eigenvalue weighted by Crippen LogP contribution is 2.38. The molecule has 3 aromatic carbocycles. The van der Waals surface area contributed by atoms with Crippen molar-refractivity contribution in [2.45, 2.75) is 24.3 Å². The molecule has 3 heterocycles. The number of nitro groups is 1. The summed E-state index contributed by atoms with van der Waals surface area (Å²) in [5, 5.41) is 30.1. The largest absolute Gasteiger partial charge is 0.481 e. The van der Waals surface area contributed by atoms with Gasteiger partial charge in [0.2, 0.25) is 17.7 Å². The third-order valence-electron chi connectivity index (χ3n) is 8.71. The molecule has 0 unspecified atom stereocenters. The van der Waals surface area contributed by atoms with Gasteiger partial charge in [0, 0.05) is 23.7 Å². The molecule has 0 spiro atoms. The Morgan fingerprint density at radius 3 is 2.00 bits per heavy atom. The predicted molar refractivity (Wildman–Crippen MR) is 247 cm³/mol. The number of nitrogens with one attached hydrogen (secondary N) is 2. The van der Waals surface area contributed by atoms with Crippen LogP contribution in [0.2, 0.25) is 10.0 Å². The lowest BCUT2D eigenvalue weighted by molar-refractivity contribution is -0.385. The average molecular weight is 1140 g/mol. The number of alkyl halides is 6. The Morgan fingerprint density at radius 1 is 0.776 bits per heavy atom. The average Bonchev–Trinajstić information content (AvgIpc) is 3.35. The number of aromatic carboxylic acids is 1. The number of pyridine rings is 2. The predicted octanol–water partition coefficient (Wildman–Crippen LogP) is 8.25. The first-order valence-electron chi connectivity index (χ1n) is 20.2. The molecule has 0 atom stereocenters. The monoisotopic (exact) mass is 1140 g/mol. The van der Waals surface area contributed by atoms with Crippen LogP contribution in [0.25, 0.3) is 10.9 Å². The highest BCUT2D eigenvalue weighted by Gasteiger charge is 2.37. The Labute approximate surface area is 431 Å². The van der Waals surface area contributed by atoms with E-state index in [1.165, 1.54) is 31.9 Å². The molecule has 33 heteroatoms. The standard InChI is InChI=1S/C18H13ClF3NO7.C14H12F3N5O7S.C11H8ClNO3/c1-2-28-16(24)9-29-17(25)12-8-11(4-5-14(12)23(26)27)30-15-6-3-10(7-13(15)19)18(20,21)22;1-28-8-5-9(29-2)20-12(19-8)21-13(25)22-30(26,27)10-6(11(23)24)3-4-7(18-10)14(15,16)17;12-8-3-4-9(16-6-10(14)15)11-7(8)2-1-5-13-11/h3-8H,2,9H2,1H3;3-5H,1-2H3,(H,23,24)(H2,19,20,21,22,25);1-5H,6H2,(H,14,15). The molecule has 0 saturated carbocycles. The molecule has 3 aromatic heterocycles. The van der Waals surface area contributed by atoms with E-state index >= 15 is 0 Å². The SMILES string of the molecule is CCOC(=O)COC(=O)c1cc(Oc2ccc(C(F)(F)F)cc2Cl)ccc1[N+](=O)[O-].COc1cc(OC)nc(NC(=O)NS(=O)(=O)c2nc(C(F)(F)F)ccc2C(=O)O)n1.O=C(O)COc1ccc(Cl)c2cccnc12. The quantitative estimate of drug-likeness (QED) is 0.0306. The number of hydrogen-bond donors (Lipinski definition) is 4. The molecular weight excluding hydrogens is 1100 g/mol. The van der Waals surface area contributed by atoms with Gasteiger partial charge in [0.15, 0.2) is 18.2 Å². The second-order valence-corrected chi connectivity index (χ2v) is 16.3. The van der Waals surface area contributed by atoms with Crippen LogP contribution in [-0.4, -0.2) is 107 Å². The third kappa shape index (κ3) is 16.9. The van der Waals surface area contributed by atoms with E-state index in [1.807, 2.05) is 5.32 Å².